The number of rotatable bonds is 6. The molecule has 0 fully saturated rings. The topological polar surface area (TPSA) is 56.8 Å². The molecule has 2 aromatic rings. The van der Waals surface area contributed by atoms with Gasteiger partial charge in [-0.05, 0) is 36.4 Å². The van der Waals surface area contributed by atoms with Crippen LogP contribution in [0, 0.1) is 5.82 Å². The van der Waals surface area contributed by atoms with Crippen LogP contribution in [0.5, 0.6) is 17.2 Å². The summed E-state index contributed by atoms with van der Waals surface area (Å²) in [5, 5.41) is 2.58. The minimum Gasteiger partial charge on any atom is -0.493 e. The summed E-state index contributed by atoms with van der Waals surface area (Å²) in [7, 11) is 4.53. The number of carbonyl (C=O) groups excluding carboxylic acids is 1. The maximum Gasteiger partial charge on any atom is 0.248 e. The average Bonchev–Trinajstić information content (AvgIpc) is 2.58. The Kier molecular flexibility index (Phi) is 5.78. The fourth-order valence-corrected chi connectivity index (χ4v) is 2.17. The lowest BCUT2D eigenvalue weighted by Crippen LogP contribution is -2.07. The minimum absolute atomic E-state index is 0.379. The molecule has 0 unspecified atom stereocenters. The molecule has 126 valence electrons. The van der Waals surface area contributed by atoms with Crippen LogP contribution in [-0.4, -0.2) is 27.2 Å². The number of hydrogen-bond donors (Lipinski definition) is 1. The molecule has 1 N–H and O–H groups in total. The quantitative estimate of drug-likeness (QED) is 0.823. The first-order valence-corrected chi connectivity index (χ1v) is 7.12. The summed E-state index contributed by atoms with van der Waals surface area (Å²) >= 11 is 0. The van der Waals surface area contributed by atoms with Crippen molar-refractivity contribution in [2.75, 3.05) is 26.6 Å². The predicted molar refractivity (Wildman–Crippen MR) is 90.2 cm³/mol. The molecule has 5 nitrogen and oxygen atoms in total. The SMILES string of the molecule is COc1ccc(/C=C/C(=O)Nc2cccc(F)c2)c(OC)c1OC. The van der Waals surface area contributed by atoms with Gasteiger partial charge < -0.3 is 19.5 Å². The summed E-state index contributed by atoms with van der Waals surface area (Å²) in [6.07, 6.45) is 2.91. The van der Waals surface area contributed by atoms with Gasteiger partial charge in [-0.1, -0.05) is 6.07 Å². The third-order valence-electron chi connectivity index (χ3n) is 3.24. The zero-order chi connectivity index (χ0) is 17.5. The Morgan fingerprint density at radius 1 is 1.04 bits per heavy atom. The van der Waals surface area contributed by atoms with Crippen molar-refractivity contribution < 1.29 is 23.4 Å². The van der Waals surface area contributed by atoms with E-state index in [0.29, 0.717) is 28.5 Å². The molecule has 0 radical (unpaired) electrons. The van der Waals surface area contributed by atoms with E-state index in [1.165, 1.54) is 45.6 Å². The van der Waals surface area contributed by atoms with Crippen molar-refractivity contribution in [3.63, 3.8) is 0 Å². The third kappa shape index (κ3) is 4.04. The van der Waals surface area contributed by atoms with Crippen LogP contribution in [0.4, 0.5) is 10.1 Å². The highest BCUT2D eigenvalue weighted by Gasteiger charge is 2.14. The van der Waals surface area contributed by atoms with E-state index in [4.69, 9.17) is 14.2 Å². The lowest BCUT2D eigenvalue weighted by molar-refractivity contribution is -0.111. The predicted octanol–water partition coefficient (Wildman–Crippen LogP) is 3.50. The van der Waals surface area contributed by atoms with Gasteiger partial charge >= 0.3 is 0 Å². The lowest BCUT2D eigenvalue weighted by atomic mass is 10.1. The maximum absolute atomic E-state index is 13.1. The number of methoxy groups -OCH3 is 3. The molecule has 0 aliphatic carbocycles. The Morgan fingerprint density at radius 2 is 1.79 bits per heavy atom. The van der Waals surface area contributed by atoms with Crippen LogP contribution in [0.1, 0.15) is 5.56 Å². The van der Waals surface area contributed by atoms with Crippen LogP contribution in [0.25, 0.3) is 6.08 Å². The van der Waals surface area contributed by atoms with Gasteiger partial charge in [0.2, 0.25) is 11.7 Å². The summed E-state index contributed by atoms with van der Waals surface area (Å²) in [4.78, 5) is 12.0. The van der Waals surface area contributed by atoms with Crippen molar-refractivity contribution in [2.45, 2.75) is 0 Å². The molecular formula is C18H18FNO4. The van der Waals surface area contributed by atoms with Crippen LogP contribution < -0.4 is 19.5 Å². The van der Waals surface area contributed by atoms with E-state index in [1.54, 1.807) is 24.3 Å². The van der Waals surface area contributed by atoms with Crippen LogP contribution in [-0.2, 0) is 4.79 Å². The second kappa shape index (κ2) is 8.01. The molecular weight excluding hydrogens is 313 g/mol. The monoisotopic (exact) mass is 331 g/mol. The molecule has 0 bridgehead atoms. The summed E-state index contributed by atoms with van der Waals surface area (Å²) < 4.78 is 28.9. The summed E-state index contributed by atoms with van der Waals surface area (Å²) in [5.74, 6) is 0.603. The number of ether oxygens (including phenoxy) is 3. The number of carbonyl (C=O) groups is 1. The van der Waals surface area contributed by atoms with Crippen molar-refractivity contribution >= 4 is 17.7 Å². The van der Waals surface area contributed by atoms with E-state index in [9.17, 15) is 9.18 Å². The van der Waals surface area contributed by atoms with Gasteiger partial charge in [-0.2, -0.15) is 0 Å². The molecule has 0 spiro atoms. The first kappa shape index (κ1) is 17.3. The molecule has 1 amide bonds. The van der Waals surface area contributed by atoms with Gasteiger partial charge in [-0.3, -0.25) is 4.79 Å². The summed E-state index contributed by atoms with van der Waals surface area (Å²) in [5.41, 5.74) is 1.02. The molecule has 0 aliphatic heterocycles. The zero-order valence-electron chi connectivity index (χ0n) is 13.6. The summed E-state index contributed by atoms with van der Waals surface area (Å²) in [6, 6.07) is 9.12. The van der Waals surface area contributed by atoms with E-state index in [-0.39, 0.29) is 0 Å². The second-order valence-electron chi connectivity index (χ2n) is 4.76. The largest absolute Gasteiger partial charge is 0.493 e. The Labute approximate surface area is 139 Å². The van der Waals surface area contributed by atoms with Gasteiger partial charge in [0.1, 0.15) is 5.82 Å². The van der Waals surface area contributed by atoms with Gasteiger partial charge in [0.15, 0.2) is 11.5 Å². The average molecular weight is 331 g/mol. The number of halogens is 1. The molecule has 0 atom stereocenters. The molecule has 0 aliphatic rings. The van der Waals surface area contributed by atoms with E-state index in [2.05, 4.69) is 5.32 Å². The Bertz CT molecular complexity index is 759. The van der Waals surface area contributed by atoms with Gasteiger partial charge in [-0.15, -0.1) is 0 Å². The number of nitrogens with one attached hydrogen (secondary N) is 1. The van der Waals surface area contributed by atoms with Crippen LogP contribution in [0.2, 0.25) is 0 Å². The van der Waals surface area contributed by atoms with Gasteiger partial charge in [-0.25, -0.2) is 4.39 Å². The normalized spacial score (nSPS) is 10.5. The van der Waals surface area contributed by atoms with Gasteiger partial charge in [0.05, 0.1) is 21.3 Å². The molecule has 2 rings (SSSR count). The molecule has 0 saturated carbocycles. The zero-order valence-corrected chi connectivity index (χ0v) is 13.6. The molecule has 6 heteroatoms. The highest BCUT2D eigenvalue weighted by Crippen LogP contribution is 2.40. The van der Waals surface area contributed by atoms with Crippen molar-refractivity contribution in [2.24, 2.45) is 0 Å². The van der Waals surface area contributed by atoms with Crippen LogP contribution >= 0.6 is 0 Å². The highest BCUT2D eigenvalue weighted by atomic mass is 19.1. The Hall–Kier alpha value is -3.02. The van der Waals surface area contributed by atoms with Crippen LogP contribution in [0.3, 0.4) is 0 Å². The number of anilines is 1. The molecule has 0 saturated heterocycles. The minimum atomic E-state index is -0.418. The van der Waals surface area contributed by atoms with E-state index >= 15 is 0 Å². The van der Waals surface area contributed by atoms with Crippen LogP contribution in [0.15, 0.2) is 42.5 Å². The van der Waals surface area contributed by atoms with E-state index in [0.717, 1.165) is 0 Å². The van der Waals surface area contributed by atoms with Crippen molar-refractivity contribution in [3.05, 3.63) is 53.9 Å². The molecule has 24 heavy (non-hydrogen) atoms. The number of benzene rings is 2. The lowest BCUT2D eigenvalue weighted by Gasteiger charge is -2.13. The number of amides is 1. The van der Waals surface area contributed by atoms with E-state index in [1.807, 2.05) is 0 Å². The number of hydrogen-bond acceptors (Lipinski definition) is 4. The van der Waals surface area contributed by atoms with E-state index < -0.39 is 11.7 Å². The standard InChI is InChI=1S/C18H18FNO4/c1-22-15-9-7-12(17(23-2)18(15)24-3)8-10-16(21)20-14-6-4-5-13(19)11-14/h4-11H,1-3H3,(H,20,21)/b10-8+. The first-order valence-electron chi connectivity index (χ1n) is 7.12. The molecule has 0 heterocycles. The third-order valence-corrected chi connectivity index (χ3v) is 3.24. The molecule has 0 aromatic heterocycles. The molecule has 2 aromatic carbocycles. The van der Waals surface area contributed by atoms with Crippen molar-refractivity contribution in [1.82, 2.24) is 0 Å². The Morgan fingerprint density at radius 3 is 2.42 bits per heavy atom. The maximum atomic E-state index is 13.1. The fourth-order valence-electron chi connectivity index (χ4n) is 2.17. The Balaban J connectivity index is 2.20. The van der Waals surface area contributed by atoms with Crippen molar-refractivity contribution in [3.8, 4) is 17.2 Å². The smallest absolute Gasteiger partial charge is 0.248 e. The van der Waals surface area contributed by atoms with Crippen molar-refractivity contribution in [1.29, 1.82) is 0 Å². The first-order chi connectivity index (χ1) is 11.6. The van der Waals surface area contributed by atoms with Gasteiger partial charge in [0.25, 0.3) is 0 Å². The van der Waals surface area contributed by atoms with Gasteiger partial charge in [0, 0.05) is 17.3 Å². The highest BCUT2D eigenvalue weighted by molar-refractivity contribution is 6.02. The fraction of sp³-hybridized carbons (Fsp3) is 0.167. The summed E-state index contributed by atoms with van der Waals surface area (Å²) in [6.45, 7) is 0. The second-order valence-corrected chi connectivity index (χ2v) is 4.76.